The largest absolute Gasteiger partial charge is 0.369 e. The Bertz CT molecular complexity index is 572. The molecule has 1 aromatic rings. The molecule has 6 heteroatoms. The SMILES string of the molecule is NC(=O)[C@H]1CCN(C(=O)/C=C\c2cc(Cl)ccc2Cl)C1. The lowest BCUT2D eigenvalue weighted by Gasteiger charge is -2.13. The van der Waals surface area contributed by atoms with E-state index in [1.807, 2.05) is 0 Å². The highest BCUT2D eigenvalue weighted by Gasteiger charge is 2.28. The minimum Gasteiger partial charge on any atom is -0.369 e. The van der Waals surface area contributed by atoms with Gasteiger partial charge in [0.05, 0.1) is 5.92 Å². The van der Waals surface area contributed by atoms with Gasteiger partial charge in [-0.2, -0.15) is 0 Å². The molecule has 2 amide bonds. The van der Waals surface area contributed by atoms with Gasteiger partial charge in [0.15, 0.2) is 0 Å². The van der Waals surface area contributed by atoms with E-state index in [0.29, 0.717) is 35.1 Å². The van der Waals surface area contributed by atoms with Crippen molar-refractivity contribution in [2.45, 2.75) is 6.42 Å². The second-order valence-electron chi connectivity index (χ2n) is 4.67. The van der Waals surface area contributed by atoms with Crippen LogP contribution in [0.3, 0.4) is 0 Å². The molecular formula is C14H14Cl2N2O2. The number of hydrogen-bond acceptors (Lipinski definition) is 2. The number of amides is 2. The van der Waals surface area contributed by atoms with Crippen LogP contribution in [-0.2, 0) is 9.59 Å². The van der Waals surface area contributed by atoms with Crippen LogP contribution >= 0.6 is 23.2 Å². The fraction of sp³-hybridized carbons (Fsp3) is 0.286. The van der Waals surface area contributed by atoms with Gasteiger partial charge in [-0.15, -0.1) is 0 Å². The molecule has 2 rings (SSSR count). The standard InChI is InChI=1S/C14H14Cl2N2O2/c15-11-2-3-12(16)9(7-11)1-4-13(19)18-6-5-10(8-18)14(17)20/h1-4,7,10H,5-6,8H2,(H2,17,20)/b4-1-/t10-/m0/s1. The van der Waals surface area contributed by atoms with Crippen LogP contribution in [0.2, 0.25) is 10.0 Å². The zero-order valence-corrected chi connectivity index (χ0v) is 12.2. The Kier molecular flexibility index (Phi) is 4.68. The monoisotopic (exact) mass is 312 g/mol. The third kappa shape index (κ3) is 3.52. The molecule has 1 fully saturated rings. The molecule has 20 heavy (non-hydrogen) atoms. The predicted octanol–water partition coefficient (Wildman–Crippen LogP) is 2.34. The minimum absolute atomic E-state index is 0.162. The highest BCUT2D eigenvalue weighted by atomic mass is 35.5. The maximum Gasteiger partial charge on any atom is 0.246 e. The summed E-state index contributed by atoms with van der Waals surface area (Å²) in [6.45, 7) is 0.918. The van der Waals surface area contributed by atoms with Crippen molar-refractivity contribution in [2.75, 3.05) is 13.1 Å². The first-order valence-corrected chi connectivity index (χ1v) is 6.94. The number of hydrogen-bond donors (Lipinski definition) is 1. The number of rotatable bonds is 3. The summed E-state index contributed by atoms with van der Waals surface area (Å²) in [5.41, 5.74) is 5.91. The van der Waals surface area contributed by atoms with Gasteiger partial charge >= 0.3 is 0 Å². The van der Waals surface area contributed by atoms with E-state index in [2.05, 4.69) is 0 Å². The number of carbonyl (C=O) groups is 2. The van der Waals surface area contributed by atoms with Crippen molar-refractivity contribution in [2.24, 2.45) is 11.7 Å². The van der Waals surface area contributed by atoms with Crippen LogP contribution in [-0.4, -0.2) is 29.8 Å². The van der Waals surface area contributed by atoms with E-state index in [1.165, 1.54) is 6.08 Å². The van der Waals surface area contributed by atoms with Gasteiger partial charge in [-0.3, -0.25) is 9.59 Å². The third-order valence-electron chi connectivity index (χ3n) is 3.27. The number of carbonyl (C=O) groups excluding carboxylic acids is 2. The second-order valence-corrected chi connectivity index (χ2v) is 5.52. The van der Waals surface area contributed by atoms with Gasteiger partial charge in [0.25, 0.3) is 0 Å². The van der Waals surface area contributed by atoms with Crippen molar-refractivity contribution >= 4 is 41.1 Å². The zero-order valence-electron chi connectivity index (χ0n) is 10.7. The molecule has 1 atom stereocenters. The average molecular weight is 313 g/mol. The van der Waals surface area contributed by atoms with E-state index in [4.69, 9.17) is 28.9 Å². The summed E-state index contributed by atoms with van der Waals surface area (Å²) in [6, 6.07) is 5.04. The molecular weight excluding hydrogens is 299 g/mol. The smallest absolute Gasteiger partial charge is 0.246 e. The van der Waals surface area contributed by atoms with Gasteiger partial charge in [0.2, 0.25) is 11.8 Å². The van der Waals surface area contributed by atoms with E-state index in [0.717, 1.165) is 0 Å². The summed E-state index contributed by atoms with van der Waals surface area (Å²) < 4.78 is 0. The number of nitrogens with zero attached hydrogens (tertiary/aromatic N) is 1. The molecule has 4 nitrogen and oxygen atoms in total. The molecule has 106 valence electrons. The van der Waals surface area contributed by atoms with E-state index >= 15 is 0 Å². The van der Waals surface area contributed by atoms with E-state index in [1.54, 1.807) is 29.2 Å². The highest BCUT2D eigenvalue weighted by molar-refractivity contribution is 6.34. The maximum atomic E-state index is 12.0. The van der Waals surface area contributed by atoms with Gasteiger partial charge in [-0.25, -0.2) is 0 Å². The van der Waals surface area contributed by atoms with Crippen LogP contribution in [0.5, 0.6) is 0 Å². The number of likely N-dealkylation sites (tertiary alicyclic amines) is 1. The van der Waals surface area contributed by atoms with Crippen LogP contribution in [0.4, 0.5) is 0 Å². The number of benzene rings is 1. The van der Waals surface area contributed by atoms with Crippen LogP contribution in [0.25, 0.3) is 6.08 Å². The first kappa shape index (κ1) is 14.9. The number of halogens is 2. The minimum atomic E-state index is -0.359. The van der Waals surface area contributed by atoms with Crippen molar-refractivity contribution in [3.8, 4) is 0 Å². The summed E-state index contributed by atoms with van der Waals surface area (Å²) in [7, 11) is 0. The molecule has 1 aromatic carbocycles. The Morgan fingerprint density at radius 2 is 2.10 bits per heavy atom. The lowest BCUT2D eigenvalue weighted by Crippen LogP contribution is -2.30. The fourth-order valence-corrected chi connectivity index (χ4v) is 2.46. The molecule has 1 saturated heterocycles. The number of primary amides is 1. The summed E-state index contributed by atoms with van der Waals surface area (Å²) in [6.07, 6.45) is 3.67. The molecule has 2 N–H and O–H groups in total. The lowest BCUT2D eigenvalue weighted by atomic mass is 10.1. The fourth-order valence-electron chi connectivity index (χ4n) is 2.10. The van der Waals surface area contributed by atoms with Gasteiger partial charge in [-0.1, -0.05) is 23.2 Å². The first-order valence-electron chi connectivity index (χ1n) is 6.18. The van der Waals surface area contributed by atoms with Crippen molar-refractivity contribution in [3.63, 3.8) is 0 Å². The quantitative estimate of drug-likeness (QED) is 0.871. The predicted molar refractivity (Wildman–Crippen MR) is 79.4 cm³/mol. The molecule has 0 spiro atoms. The molecule has 0 radical (unpaired) electrons. The summed E-state index contributed by atoms with van der Waals surface area (Å²) in [5.74, 6) is -0.769. The average Bonchev–Trinajstić information content (AvgIpc) is 2.89. The zero-order chi connectivity index (χ0) is 14.7. The summed E-state index contributed by atoms with van der Waals surface area (Å²) >= 11 is 11.9. The Balaban J connectivity index is 2.03. The summed E-state index contributed by atoms with van der Waals surface area (Å²) in [5, 5.41) is 1.08. The summed E-state index contributed by atoms with van der Waals surface area (Å²) in [4.78, 5) is 24.7. The molecule has 0 bridgehead atoms. The molecule has 0 aliphatic carbocycles. The molecule has 0 saturated carbocycles. The van der Waals surface area contributed by atoms with Crippen molar-refractivity contribution in [1.29, 1.82) is 0 Å². The topological polar surface area (TPSA) is 63.4 Å². The van der Waals surface area contributed by atoms with E-state index in [9.17, 15) is 9.59 Å². The highest BCUT2D eigenvalue weighted by Crippen LogP contribution is 2.22. The van der Waals surface area contributed by atoms with Crippen molar-refractivity contribution < 1.29 is 9.59 Å². The van der Waals surface area contributed by atoms with Crippen molar-refractivity contribution in [1.82, 2.24) is 4.90 Å². The Labute approximate surface area is 127 Å². The van der Waals surface area contributed by atoms with Crippen LogP contribution in [0.1, 0.15) is 12.0 Å². The van der Waals surface area contributed by atoms with E-state index < -0.39 is 0 Å². The molecule has 1 aliphatic heterocycles. The van der Waals surface area contributed by atoms with Crippen LogP contribution in [0.15, 0.2) is 24.3 Å². The second kappa shape index (κ2) is 6.29. The van der Waals surface area contributed by atoms with Gasteiger partial charge in [-0.05, 0) is 36.3 Å². The van der Waals surface area contributed by atoms with Gasteiger partial charge in [0.1, 0.15) is 0 Å². The molecule has 1 heterocycles. The maximum absolute atomic E-state index is 12.0. The molecule has 0 unspecified atom stereocenters. The lowest BCUT2D eigenvalue weighted by molar-refractivity contribution is -0.125. The Hall–Kier alpha value is -1.52. The Morgan fingerprint density at radius 3 is 2.75 bits per heavy atom. The van der Waals surface area contributed by atoms with Crippen molar-refractivity contribution in [3.05, 3.63) is 39.9 Å². The number of nitrogens with two attached hydrogens (primary N) is 1. The third-order valence-corrected chi connectivity index (χ3v) is 3.85. The van der Waals surface area contributed by atoms with Crippen LogP contribution < -0.4 is 5.73 Å². The van der Waals surface area contributed by atoms with Gasteiger partial charge in [0, 0.05) is 29.2 Å². The Morgan fingerprint density at radius 1 is 1.35 bits per heavy atom. The van der Waals surface area contributed by atoms with Crippen LogP contribution in [0, 0.1) is 5.92 Å². The first-order chi connectivity index (χ1) is 9.47. The van der Waals surface area contributed by atoms with Gasteiger partial charge < -0.3 is 10.6 Å². The molecule has 0 aromatic heterocycles. The van der Waals surface area contributed by atoms with E-state index in [-0.39, 0.29) is 17.7 Å². The normalized spacial score (nSPS) is 18.7. The molecule has 1 aliphatic rings.